The summed E-state index contributed by atoms with van der Waals surface area (Å²) in [6.45, 7) is 3.23. The quantitative estimate of drug-likeness (QED) is 0.788. The van der Waals surface area contributed by atoms with Crippen LogP contribution in [0.4, 0.5) is 4.39 Å². The lowest BCUT2D eigenvalue weighted by molar-refractivity contribution is 0.535. The van der Waals surface area contributed by atoms with Crippen LogP contribution in [0.1, 0.15) is 24.9 Å². The van der Waals surface area contributed by atoms with Gasteiger partial charge >= 0.3 is 0 Å². The second-order valence-electron chi connectivity index (χ2n) is 3.92. The van der Waals surface area contributed by atoms with Crippen LogP contribution in [0.25, 0.3) is 0 Å². The molecule has 1 aliphatic rings. The SMILES string of the molecule is CC1SCCCNC1c1cccc(F)c1. The lowest BCUT2D eigenvalue weighted by Gasteiger charge is -2.22. The highest BCUT2D eigenvalue weighted by atomic mass is 32.2. The van der Waals surface area contributed by atoms with Gasteiger partial charge in [0, 0.05) is 11.3 Å². The fraction of sp³-hybridized carbons (Fsp3) is 0.500. The molecule has 1 aromatic carbocycles. The normalized spacial score (nSPS) is 27.3. The molecule has 0 amide bonds. The maximum atomic E-state index is 13.1. The van der Waals surface area contributed by atoms with E-state index in [1.54, 1.807) is 12.1 Å². The molecule has 0 aliphatic carbocycles. The van der Waals surface area contributed by atoms with Gasteiger partial charge in [0.1, 0.15) is 5.82 Å². The number of halogens is 1. The highest BCUT2D eigenvalue weighted by Gasteiger charge is 2.21. The second kappa shape index (κ2) is 4.99. The highest BCUT2D eigenvalue weighted by Crippen LogP contribution is 2.29. The monoisotopic (exact) mass is 225 g/mol. The fourth-order valence-corrected chi connectivity index (χ4v) is 3.08. The van der Waals surface area contributed by atoms with E-state index < -0.39 is 0 Å². The number of nitrogens with one attached hydrogen (secondary N) is 1. The molecule has 2 rings (SSSR count). The minimum Gasteiger partial charge on any atom is -0.309 e. The van der Waals surface area contributed by atoms with E-state index in [1.807, 2.05) is 17.8 Å². The molecule has 1 fully saturated rings. The lowest BCUT2D eigenvalue weighted by Crippen LogP contribution is -2.27. The van der Waals surface area contributed by atoms with Gasteiger partial charge in [-0.1, -0.05) is 19.1 Å². The number of thioether (sulfide) groups is 1. The van der Waals surface area contributed by atoms with Crippen LogP contribution in [0.2, 0.25) is 0 Å². The van der Waals surface area contributed by atoms with Crippen LogP contribution >= 0.6 is 11.8 Å². The van der Waals surface area contributed by atoms with Gasteiger partial charge in [0.2, 0.25) is 0 Å². The van der Waals surface area contributed by atoms with Crippen molar-refractivity contribution in [2.24, 2.45) is 0 Å². The molecule has 3 heteroatoms. The summed E-state index contributed by atoms with van der Waals surface area (Å²) in [6, 6.07) is 7.21. The van der Waals surface area contributed by atoms with Gasteiger partial charge in [0.25, 0.3) is 0 Å². The summed E-state index contributed by atoms with van der Waals surface area (Å²) in [5, 5.41) is 4.00. The molecule has 0 radical (unpaired) electrons. The van der Waals surface area contributed by atoms with Crippen molar-refractivity contribution >= 4 is 11.8 Å². The molecule has 1 nitrogen and oxygen atoms in total. The molecule has 0 spiro atoms. The minimum absolute atomic E-state index is 0.143. The standard InChI is InChI=1S/C12H16FNS/c1-9-12(14-6-3-7-15-9)10-4-2-5-11(13)8-10/h2,4-5,8-9,12,14H,3,6-7H2,1H3. The third-order valence-corrected chi connectivity index (χ3v) is 4.07. The van der Waals surface area contributed by atoms with E-state index in [0.29, 0.717) is 5.25 Å². The zero-order valence-corrected chi connectivity index (χ0v) is 9.69. The van der Waals surface area contributed by atoms with E-state index in [9.17, 15) is 4.39 Å². The van der Waals surface area contributed by atoms with E-state index in [-0.39, 0.29) is 11.9 Å². The summed E-state index contributed by atoms with van der Waals surface area (Å²) in [5.74, 6) is 1.05. The predicted octanol–water partition coefficient (Wildman–Crippen LogP) is 2.98. The van der Waals surface area contributed by atoms with Crippen LogP contribution in [0.5, 0.6) is 0 Å². The van der Waals surface area contributed by atoms with Crippen molar-refractivity contribution in [1.29, 1.82) is 0 Å². The van der Waals surface area contributed by atoms with Crippen LogP contribution in [0, 0.1) is 5.82 Å². The second-order valence-corrected chi connectivity index (χ2v) is 5.40. The van der Waals surface area contributed by atoms with Gasteiger partial charge in [-0.25, -0.2) is 4.39 Å². The van der Waals surface area contributed by atoms with Gasteiger partial charge in [0.15, 0.2) is 0 Å². The summed E-state index contributed by atoms with van der Waals surface area (Å²) in [7, 11) is 0. The van der Waals surface area contributed by atoms with Crippen LogP contribution in [-0.4, -0.2) is 17.5 Å². The zero-order chi connectivity index (χ0) is 10.7. The summed E-state index contributed by atoms with van der Waals surface area (Å²) < 4.78 is 13.1. The number of benzene rings is 1. The van der Waals surface area contributed by atoms with Crippen molar-refractivity contribution in [2.75, 3.05) is 12.3 Å². The molecular weight excluding hydrogens is 209 g/mol. The third-order valence-electron chi connectivity index (χ3n) is 2.74. The first kappa shape index (κ1) is 11.0. The average molecular weight is 225 g/mol. The van der Waals surface area contributed by atoms with Crippen LogP contribution < -0.4 is 5.32 Å². The Balaban J connectivity index is 2.20. The van der Waals surface area contributed by atoms with Crippen LogP contribution in [-0.2, 0) is 0 Å². The first-order valence-corrected chi connectivity index (χ1v) is 6.43. The smallest absolute Gasteiger partial charge is 0.123 e. The molecule has 0 aromatic heterocycles. The van der Waals surface area contributed by atoms with E-state index in [1.165, 1.54) is 18.2 Å². The predicted molar refractivity (Wildman–Crippen MR) is 63.7 cm³/mol. The Labute approximate surface area is 94.5 Å². The van der Waals surface area contributed by atoms with Crippen molar-refractivity contribution in [3.8, 4) is 0 Å². The molecule has 1 aliphatic heterocycles. The molecule has 2 unspecified atom stereocenters. The molecule has 1 heterocycles. The molecule has 0 saturated carbocycles. The van der Waals surface area contributed by atoms with Crippen LogP contribution in [0.15, 0.2) is 24.3 Å². The van der Waals surface area contributed by atoms with E-state index in [2.05, 4.69) is 12.2 Å². The Morgan fingerprint density at radius 2 is 2.33 bits per heavy atom. The molecule has 15 heavy (non-hydrogen) atoms. The third kappa shape index (κ3) is 2.73. The molecule has 2 atom stereocenters. The Kier molecular flexibility index (Phi) is 3.65. The Hall–Kier alpha value is -0.540. The van der Waals surface area contributed by atoms with Crippen molar-refractivity contribution in [3.05, 3.63) is 35.6 Å². The summed E-state index contributed by atoms with van der Waals surface area (Å²) >= 11 is 1.96. The van der Waals surface area contributed by atoms with Gasteiger partial charge in [-0.2, -0.15) is 11.8 Å². The van der Waals surface area contributed by atoms with Crippen molar-refractivity contribution < 1.29 is 4.39 Å². The number of rotatable bonds is 1. The Morgan fingerprint density at radius 3 is 3.13 bits per heavy atom. The van der Waals surface area contributed by atoms with Gasteiger partial charge in [-0.3, -0.25) is 0 Å². The maximum Gasteiger partial charge on any atom is 0.123 e. The molecule has 1 aromatic rings. The van der Waals surface area contributed by atoms with Crippen LogP contribution in [0.3, 0.4) is 0 Å². The highest BCUT2D eigenvalue weighted by molar-refractivity contribution is 7.99. The topological polar surface area (TPSA) is 12.0 Å². The molecular formula is C12H16FNS. The van der Waals surface area contributed by atoms with Gasteiger partial charge in [-0.15, -0.1) is 0 Å². The number of hydrogen-bond acceptors (Lipinski definition) is 2. The van der Waals surface area contributed by atoms with Crippen molar-refractivity contribution in [2.45, 2.75) is 24.6 Å². The zero-order valence-electron chi connectivity index (χ0n) is 8.87. The average Bonchev–Trinajstić information content (AvgIpc) is 2.43. The molecule has 1 N–H and O–H groups in total. The lowest BCUT2D eigenvalue weighted by atomic mass is 10.0. The first-order chi connectivity index (χ1) is 7.27. The van der Waals surface area contributed by atoms with E-state index >= 15 is 0 Å². The fourth-order valence-electron chi connectivity index (χ4n) is 1.95. The summed E-state index contributed by atoms with van der Waals surface area (Å²) in [4.78, 5) is 0. The van der Waals surface area contributed by atoms with Crippen molar-refractivity contribution in [1.82, 2.24) is 5.32 Å². The Bertz CT molecular complexity index is 329. The molecule has 0 bridgehead atoms. The van der Waals surface area contributed by atoms with Crippen molar-refractivity contribution in [3.63, 3.8) is 0 Å². The molecule has 1 saturated heterocycles. The van der Waals surface area contributed by atoms with Gasteiger partial charge in [0.05, 0.1) is 0 Å². The maximum absolute atomic E-state index is 13.1. The molecule has 82 valence electrons. The van der Waals surface area contributed by atoms with Gasteiger partial charge < -0.3 is 5.32 Å². The Morgan fingerprint density at radius 1 is 1.47 bits per heavy atom. The van der Waals surface area contributed by atoms with Gasteiger partial charge in [-0.05, 0) is 36.4 Å². The largest absolute Gasteiger partial charge is 0.309 e. The summed E-state index contributed by atoms with van der Waals surface area (Å²) in [5.41, 5.74) is 1.07. The first-order valence-electron chi connectivity index (χ1n) is 5.38. The van der Waals surface area contributed by atoms with E-state index in [0.717, 1.165) is 12.1 Å². The van der Waals surface area contributed by atoms with E-state index in [4.69, 9.17) is 0 Å². The minimum atomic E-state index is -0.143. The number of hydrogen-bond donors (Lipinski definition) is 1. The summed E-state index contributed by atoms with van der Waals surface area (Å²) in [6.07, 6.45) is 1.20.